The molecule has 0 heterocycles. The maximum Gasteiger partial charge on any atom is 0.253 e. The molecule has 5 rings (SSSR count). The summed E-state index contributed by atoms with van der Waals surface area (Å²) in [7, 11) is -2.87. The summed E-state index contributed by atoms with van der Waals surface area (Å²) in [6.45, 7) is 2.45. The van der Waals surface area contributed by atoms with Crippen LogP contribution in [0.1, 0.15) is 35.3 Å². The number of alkyl halides is 1. The fourth-order valence-electron chi connectivity index (χ4n) is 5.41. The van der Waals surface area contributed by atoms with Gasteiger partial charge in [0, 0.05) is 35.8 Å². The Balaban J connectivity index is 1.21. The van der Waals surface area contributed by atoms with Crippen molar-refractivity contribution < 1.29 is 26.7 Å². The van der Waals surface area contributed by atoms with Crippen LogP contribution in [0.2, 0.25) is 5.02 Å². The second kappa shape index (κ2) is 14.6. The molecule has 1 amide bonds. The number of ether oxygens (including phenoxy) is 1. The molecule has 0 spiro atoms. The molecular weight excluding hydrogens is 642 g/mol. The van der Waals surface area contributed by atoms with Gasteiger partial charge in [0.15, 0.2) is 0 Å². The van der Waals surface area contributed by atoms with Crippen LogP contribution in [0.15, 0.2) is 132 Å². The predicted octanol–water partition coefficient (Wildman–Crippen LogP) is 8.13. The molecule has 10 heteroatoms. The number of para-hydroxylation sites is 1. The Hall–Kier alpha value is -4.31. The van der Waals surface area contributed by atoms with E-state index in [1.807, 2.05) is 54.6 Å². The minimum Gasteiger partial charge on any atom is -0.493 e. The van der Waals surface area contributed by atoms with E-state index in [9.17, 15) is 17.6 Å². The molecule has 3 atom stereocenters. The zero-order valence-corrected chi connectivity index (χ0v) is 27.5. The minimum atomic E-state index is -4.61. The van der Waals surface area contributed by atoms with Gasteiger partial charge in [0.25, 0.3) is 10.9 Å². The average Bonchev–Trinajstić information content (AvgIpc) is 3.08. The predicted molar refractivity (Wildman–Crippen MR) is 182 cm³/mol. The number of nitrogens with one attached hydrogen (secondary N) is 1. The van der Waals surface area contributed by atoms with Crippen molar-refractivity contribution in [3.05, 3.63) is 143 Å². The third-order valence-electron chi connectivity index (χ3n) is 8.05. The van der Waals surface area contributed by atoms with Crippen LogP contribution >= 0.6 is 11.6 Å². The molecule has 0 aliphatic heterocycles. The molecule has 0 fully saturated rings. The van der Waals surface area contributed by atoms with E-state index >= 15 is 4.39 Å². The average molecular weight is 677 g/mol. The number of rotatable bonds is 12. The Bertz CT molecular complexity index is 1870. The van der Waals surface area contributed by atoms with Crippen molar-refractivity contribution in [2.45, 2.75) is 35.3 Å². The number of sulfone groups is 1. The quantitative estimate of drug-likeness (QED) is 0.153. The minimum absolute atomic E-state index is 0.104. The number of allylic oxidation sites excluding steroid dienone is 2. The highest BCUT2D eigenvalue weighted by Crippen LogP contribution is 2.38. The van der Waals surface area contributed by atoms with Gasteiger partial charge < -0.3 is 9.64 Å². The molecule has 1 aliphatic carbocycles. The zero-order valence-electron chi connectivity index (χ0n) is 25.9. The SMILES string of the molecule is CC(NC1C=C(F)C=CC1(F)S(=O)(=O)c1ccc(Cl)cc1)c1ccccc1OCCCN(C)C(=O)c1ccc(-c2ccccc2)cc1. The summed E-state index contributed by atoms with van der Waals surface area (Å²) in [5.74, 6) is -0.365. The highest BCUT2D eigenvalue weighted by atomic mass is 35.5. The van der Waals surface area contributed by atoms with Gasteiger partial charge in [-0.25, -0.2) is 17.2 Å². The highest BCUT2D eigenvalue weighted by molar-refractivity contribution is 7.93. The van der Waals surface area contributed by atoms with E-state index < -0.39 is 32.7 Å². The first-order valence-electron chi connectivity index (χ1n) is 15.1. The molecular formula is C37H35ClF2N2O4S. The highest BCUT2D eigenvalue weighted by Gasteiger charge is 2.51. The van der Waals surface area contributed by atoms with Gasteiger partial charge in [-0.2, -0.15) is 0 Å². The second-order valence-corrected chi connectivity index (χ2v) is 13.9. The van der Waals surface area contributed by atoms with Crippen molar-refractivity contribution in [3.8, 4) is 16.9 Å². The molecule has 0 saturated heterocycles. The molecule has 4 aromatic rings. The third-order valence-corrected chi connectivity index (χ3v) is 10.4. The molecule has 0 saturated carbocycles. The number of carbonyl (C=O) groups is 1. The summed E-state index contributed by atoms with van der Waals surface area (Å²) in [6, 6.07) is 27.5. The van der Waals surface area contributed by atoms with E-state index in [1.54, 1.807) is 43.1 Å². The maximum absolute atomic E-state index is 16.5. The molecule has 1 N–H and O–H groups in total. The molecule has 3 unspecified atom stereocenters. The smallest absolute Gasteiger partial charge is 0.253 e. The first kappa shape index (κ1) is 34.0. The molecule has 1 aliphatic rings. The Labute approximate surface area is 279 Å². The van der Waals surface area contributed by atoms with E-state index in [4.69, 9.17) is 16.3 Å². The maximum atomic E-state index is 16.5. The van der Waals surface area contributed by atoms with E-state index in [0.717, 1.165) is 29.4 Å². The largest absolute Gasteiger partial charge is 0.493 e. The van der Waals surface area contributed by atoms with E-state index in [0.29, 0.717) is 34.9 Å². The fraction of sp³-hybridized carbons (Fsp3) is 0.216. The summed E-state index contributed by atoms with van der Waals surface area (Å²) in [4.78, 5) is 14.4. The van der Waals surface area contributed by atoms with Crippen LogP contribution in [0.4, 0.5) is 8.78 Å². The molecule has 47 heavy (non-hydrogen) atoms. The number of hydrogen-bond donors (Lipinski definition) is 1. The van der Waals surface area contributed by atoms with Crippen LogP contribution in [0.5, 0.6) is 5.75 Å². The van der Waals surface area contributed by atoms with Crippen molar-refractivity contribution in [1.29, 1.82) is 0 Å². The van der Waals surface area contributed by atoms with Crippen molar-refractivity contribution >= 4 is 27.3 Å². The number of amides is 1. The fourth-order valence-corrected chi connectivity index (χ4v) is 7.11. The lowest BCUT2D eigenvalue weighted by Crippen LogP contribution is -2.52. The van der Waals surface area contributed by atoms with Crippen molar-refractivity contribution in [1.82, 2.24) is 10.2 Å². The van der Waals surface area contributed by atoms with Gasteiger partial charge in [0.05, 0.1) is 17.5 Å². The number of carbonyl (C=O) groups excluding carboxylic acids is 1. The van der Waals surface area contributed by atoms with Gasteiger partial charge in [-0.05, 0) is 85.2 Å². The van der Waals surface area contributed by atoms with Crippen LogP contribution in [0.3, 0.4) is 0 Å². The van der Waals surface area contributed by atoms with Gasteiger partial charge in [-0.1, -0.05) is 72.3 Å². The Morgan fingerprint density at radius 2 is 1.60 bits per heavy atom. The van der Waals surface area contributed by atoms with Crippen LogP contribution in [-0.4, -0.2) is 50.5 Å². The Kier molecular flexibility index (Phi) is 10.6. The van der Waals surface area contributed by atoms with Gasteiger partial charge in [0.2, 0.25) is 9.84 Å². The van der Waals surface area contributed by atoms with Crippen LogP contribution in [0, 0.1) is 0 Å². The standard InChI is InChI=1S/C37H35ClF2N2O4S/c1-26(41-35-25-31(39)21-22-37(35,40)47(44,45)32-19-17-30(38)18-20-32)33-11-6-7-12-34(33)46-24-8-23-42(2)36(43)29-15-13-28(14-16-29)27-9-4-3-5-10-27/h3-7,9-22,25-26,35,41H,8,23-24H2,1-2H3. The molecule has 0 aromatic heterocycles. The summed E-state index contributed by atoms with van der Waals surface area (Å²) in [5, 5.41) is 0.286. The number of nitrogens with zero attached hydrogens (tertiary/aromatic N) is 1. The number of benzene rings is 4. The topological polar surface area (TPSA) is 75.7 Å². The van der Waals surface area contributed by atoms with E-state index in [2.05, 4.69) is 5.32 Å². The first-order chi connectivity index (χ1) is 22.5. The van der Waals surface area contributed by atoms with Crippen LogP contribution < -0.4 is 10.1 Å². The second-order valence-electron chi connectivity index (χ2n) is 11.3. The lowest BCUT2D eigenvalue weighted by molar-refractivity contribution is 0.0787. The molecule has 6 nitrogen and oxygen atoms in total. The lowest BCUT2D eigenvalue weighted by atomic mass is 10.0. The van der Waals surface area contributed by atoms with E-state index in [-0.39, 0.29) is 17.4 Å². The van der Waals surface area contributed by atoms with Crippen LogP contribution in [-0.2, 0) is 9.84 Å². The Morgan fingerprint density at radius 3 is 2.30 bits per heavy atom. The van der Waals surface area contributed by atoms with Gasteiger partial charge >= 0.3 is 0 Å². The van der Waals surface area contributed by atoms with Crippen LogP contribution in [0.25, 0.3) is 11.1 Å². The lowest BCUT2D eigenvalue weighted by Gasteiger charge is -2.34. The molecule has 0 bridgehead atoms. The normalized spacial score (nSPS) is 18.3. The third kappa shape index (κ3) is 7.64. The van der Waals surface area contributed by atoms with Crippen molar-refractivity contribution in [2.75, 3.05) is 20.2 Å². The Morgan fingerprint density at radius 1 is 0.957 bits per heavy atom. The summed E-state index contributed by atoms with van der Waals surface area (Å²) in [6.07, 6.45) is 3.01. The first-order valence-corrected chi connectivity index (χ1v) is 17.0. The van der Waals surface area contributed by atoms with Crippen molar-refractivity contribution in [2.24, 2.45) is 0 Å². The van der Waals surface area contributed by atoms with Gasteiger partial charge in [-0.15, -0.1) is 0 Å². The number of halogens is 3. The molecule has 4 aromatic carbocycles. The monoisotopic (exact) mass is 676 g/mol. The molecule has 244 valence electrons. The summed E-state index contributed by atoms with van der Waals surface area (Å²) in [5.41, 5.74) is 3.32. The number of hydrogen-bond acceptors (Lipinski definition) is 5. The van der Waals surface area contributed by atoms with Crippen molar-refractivity contribution in [3.63, 3.8) is 0 Å². The van der Waals surface area contributed by atoms with Gasteiger partial charge in [-0.3, -0.25) is 10.1 Å². The zero-order chi connectivity index (χ0) is 33.6. The van der Waals surface area contributed by atoms with Gasteiger partial charge in [0.1, 0.15) is 11.6 Å². The van der Waals surface area contributed by atoms with E-state index in [1.165, 1.54) is 24.3 Å². The summed E-state index contributed by atoms with van der Waals surface area (Å²) < 4.78 is 63.9. The molecule has 0 radical (unpaired) electrons. The summed E-state index contributed by atoms with van der Waals surface area (Å²) >= 11 is 5.90.